The minimum atomic E-state index is 1.11. The number of anilines is 3. The van der Waals surface area contributed by atoms with Gasteiger partial charge >= 0.3 is 0 Å². The third-order valence-electron chi connectivity index (χ3n) is 11.9. The molecule has 12 rings (SSSR count). The van der Waals surface area contributed by atoms with E-state index in [2.05, 4.69) is 228 Å². The van der Waals surface area contributed by atoms with Gasteiger partial charge < -0.3 is 9.47 Å². The van der Waals surface area contributed by atoms with Crippen LogP contribution >= 0.6 is 11.3 Å². The number of rotatable bonds is 6. The SMILES string of the molecule is c1ccc(N(c2cccc(-c3cccc(-c4ccc5c6ccccc6n(-c6cccc7c6sc6ccccc67)c5c4)c3)c2)c2cc3ccccc3c3ccccc23)cc1. The lowest BCUT2D eigenvalue weighted by atomic mass is 9.97. The average molecular weight is 769 g/mol. The summed E-state index contributed by atoms with van der Waals surface area (Å²) in [5.41, 5.74) is 11.8. The van der Waals surface area contributed by atoms with E-state index in [9.17, 15) is 0 Å². The van der Waals surface area contributed by atoms with Gasteiger partial charge in [-0.3, -0.25) is 0 Å². The van der Waals surface area contributed by atoms with Crippen molar-refractivity contribution >= 4 is 91.9 Å². The Kier molecular flexibility index (Phi) is 7.75. The highest BCUT2D eigenvalue weighted by Gasteiger charge is 2.19. The lowest BCUT2D eigenvalue weighted by Crippen LogP contribution is -2.10. The number of benzene rings is 10. The zero-order valence-corrected chi connectivity index (χ0v) is 32.9. The van der Waals surface area contributed by atoms with E-state index in [1.807, 2.05) is 11.3 Å². The van der Waals surface area contributed by atoms with E-state index in [0.29, 0.717) is 0 Å². The third-order valence-corrected chi connectivity index (χ3v) is 13.1. The number of hydrogen-bond acceptors (Lipinski definition) is 2. The van der Waals surface area contributed by atoms with Crippen LogP contribution in [0.2, 0.25) is 0 Å². The molecule has 276 valence electrons. The summed E-state index contributed by atoms with van der Waals surface area (Å²) in [6.07, 6.45) is 0. The molecular weight excluding hydrogens is 733 g/mol. The van der Waals surface area contributed by atoms with Crippen molar-refractivity contribution in [2.45, 2.75) is 0 Å². The highest BCUT2D eigenvalue weighted by molar-refractivity contribution is 7.26. The fraction of sp³-hybridized carbons (Fsp3) is 0. The Morgan fingerprint density at radius 3 is 1.78 bits per heavy atom. The van der Waals surface area contributed by atoms with E-state index in [4.69, 9.17) is 0 Å². The van der Waals surface area contributed by atoms with Gasteiger partial charge in [0.2, 0.25) is 0 Å². The first-order valence-corrected chi connectivity index (χ1v) is 21.0. The summed E-state index contributed by atoms with van der Waals surface area (Å²) in [4.78, 5) is 2.41. The molecular formula is C56H36N2S. The zero-order valence-electron chi connectivity index (χ0n) is 32.1. The summed E-state index contributed by atoms with van der Waals surface area (Å²) in [6, 6.07) is 79.9. The summed E-state index contributed by atoms with van der Waals surface area (Å²) in [6.45, 7) is 0. The maximum atomic E-state index is 2.48. The molecule has 12 aromatic rings. The Balaban J connectivity index is 0.997. The number of hydrogen-bond donors (Lipinski definition) is 0. The molecule has 0 saturated heterocycles. The normalized spacial score (nSPS) is 11.7. The van der Waals surface area contributed by atoms with Gasteiger partial charge in [0, 0.05) is 43.0 Å². The molecule has 3 heteroatoms. The van der Waals surface area contributed by atoms with Crippen molar-refractivity contribution in [1.82, 2.24) is 4.57 Å². The number of fused-ring (bicyclic) bond motifs is 9. The Morgan fingerprint density at radius 1 is 0.339 bits per heavy atom. The second kappa shape index (κ2) is 13.6. The van der Waals surface area contributed by atoms with Crippen LogP contribution in [-0.2, 0) is 0 Å². The standard InChI is InChI=1S/C56H36N2S/c1-2-19-42(20-3-1)57(53-36-41-15-4-5-22-44(41)45-23-6-7-24-46(45)53)43-21-13-18-39(34-43)37-16-12-17-38(33-37)40-31-32-48-47-25-8-10-28-51(47)58(54(48)35-40)52-29-14-27-50-49-26-9-11-30-55(49)59-56(50)52/h1-36H. The van der Waals surface area contributed by atoms with Crippen LogP contribution in [0, 0.1) is 0 Å². The molecule has 0 bridgehead atoms. The van der Waals surface area contributed by atoms with Gasteiger partial charge in [0.05, 0.1) is 27.1 Å². The summed E-state index contributed by atoms with van der Waals surface area (Å²) in [5.74, 6) is 0. The van der Waals surface area contributed by atoms with Gasteiger partial charge in [-0.05, 0) is 99.1 Å². The maximum Gasteiger partial charge on any atom is 0.0640 e. The van der Waals surface area contributed by atoms with Crippen LogP contribution in [0.3, 0.4) is 0 Å². The van der Waals surface area contributed by atoms with Crippen molar-refractivity contribution in [3.05, 3.63) is 218 Å². The topological polar surface area (TPSA) is 8.17 Å². The van der Waals surface area contributed by atoms with Gasteiger partial charge in [-0.25, -0.2) is 0 Å². The van der Waals surface area contributed by atoms with Crippen LogP contribution in [0.5, 0.6) is 0 Å². The first-order valence-electron chi connectivity index (χ1n) is 20.2. The van der Waals surface area contributed by atoms with Crippen LogP contribution in [0.15, 0.2) is 218 Å². The molecule has 0 unspecified atom stereocenters. The largest absolute Gasteiger partial charge is 0.310 e. The molecule has 2 heterocycles. The van der Waals surface area contributed by atoms with Gasteiger partial charge in [0.25, 0.3) is 0 Å². The summed E-state index contributed by atoms with van der Waals surface area (Å²) < 4.78 is 5.10. The van der Waals surface area contributed by atoms with E-state index < -0.39 is 0 Å². The molecule has 0 aliphatic rings. The van der Waals surface area contributed by atoms with Crippen LogP contribution in [0.25, 0.3) is 91.5 Å². The fourth-order valence-electron chi connectivity index (χ4n) is 9.24. The first-order chi connectivity index (χ1) is 29.3. The number of aromatic nitrogens is 1. The van der Waals surface area contributed by atoms with Gasteiger partial charge in [0.15, 0.2) is 0 Å². The second-order valence-electron chi connectivity index (χ2n) is 15.3. The number of nitrogens with zero attached hydrogens (tertiary/aromatic N) is 2. The molecule has 0 fully saturated rings. The van der Waals surface area contributed by atoms with Crippen LogP contribution in [0.4, 0.5) is 17.1 Å². The Labute approximate surface area is 346 Å². The van der Waals surface area contributed by atoms with Crippen molar-refractivity contribution in [1.29, 1.82) is 0 Å². The molecule has 0 spiro atoms. The predicted molar refractivity (Wildman–Crippen MR) is 254 cm³/mol. The van der Waals surface area contributed by atoms with Gasteiger partial charge in [-0.15, -0.1) is 11.3 Å². The summed E-state index contributed by atoms with van der Waals surface area (Å²) >= 11 is 1.88. The fourth-order valence-corrected chi connectivity index (χ4v) is 10.5. The van der Waals surface area contributed by atoms with Crippen molar-refractivity contribution in [3.8, 4) is 27.9 Å². The quantitative estimate of drug-likeness (QED) is 0.153. The van der Waals surface area contributed by atoms with E-state index in [1.165, 1.54) is 91.5 Å². The number of para-hydroxylation sites is 2. The molecule has 0 atom stereocenters. The molecule has 0 aliphatic carbocycles. The highest BCUT2D eigenvalue weighted by atomic mass is 32.1. The Bertz CT molecular complexity index is 3580. The monoisotopic (exact) mass is 768 g/mol. The van der Waals surface area contributed by atoms with Crippen LogP contribution in [-0.4, -0.2) is 4.57 Å². The lowest BCUT2D eigenvalue weighted by Gasteiger charge is -2.28. The maximum absolute atomic E-state index is 2.48. The molecule has 0 aliphatic heterocycles. The molecule has 2 aromatic heterocycles. The van der Waals surface area contributed by atoms with E-state index in [0.717, 1.165) is 17.1 Å². The minimum Gasteiger partial charge on any atom is -0.310 e. The average Bonchev–Trinajstić information content (AvgIpc) is 3.85. The summed E-state index contributed by atoms with van der Waals surface area (Å²) in [5, 5.41) is 10.1. The predicted octanol–water partition coefficient (Wildman–Crippen LogP) is 16.3. The van der Waals surface area contributed by atoms with E-state index in [-0.39, 0.29) is 0 Å². The van der Waals surface area contributed by atoms with Crippen molar-refractivity contribution in [2.24, 2.45) is 0 Å². The van der Waals surface area contributed by atoms with E-state index in [1.54, 1.807) is 0 Å². The third kappa shape index (κ3) is 5.47. The molecule has 0 amide bonds. The van der Waals surface area contributed by atoms with Crippen molar-refractivity contribution < 1.29 is 0 Å². The summed E-state index contributed by atoms with van der Waals surface area (Å²) in [7, 11) is 0. The van der Waals surface area contributed by atoms with Gasteiger partial charge in [0.1, 0.15) is 0 Å². The first kappa shape index (κ1) is 33.7. The highest BCUT2D eigenvalue weighted by Crippen LogP contribution is 2.44. The molecule has 0 saturated carbocycles. The van der Waals surface area contributed by atoms with Crippen molar-refractivity contribution in [2.75, 3.05) is 4.90 Å². The van der Waals surface area contributed by atoms with Gasteiger partial charge in [-0.2, -0.15) is 0 Å². The zero-order chi connectivity index (χ0) is 38.9. The molecule has 2 nitrogen and oxygen atoms in total. The molecule has 0 radical (unpaired) electrons. The van der Waals surface area contributed by atoms with Gasteiger partial charge in [-0.1, -0.05) is 158 Å². The Hall–Kier alpha value is -7.46. The molecule has 10 aromatic carbocycles. The van der Waals surface area contributed by atoms with E-state index >= 15 is 0 Å². The minimum absolute atomic E-state index is 1.11. The Morgan fingerprint density at radius 2 is 0.932 bits per heavy atom. The van der Waals surface area contributed by atoms with Crippen LogP contribution < -0.4 is 4.90 Å². The van der Waals surface area contributed by atoms with Crippen molar-refractivity contribution in [3.63, 3.8) is 0 Å². The smallest absolute Gasteiger partial charge is 0.0640 e. The molecule has 59 heavy (non-hydrogen) atoms. The second-order valence-corrected chi connectivity index (χ2v) is 16.4. The number of thiophene rings is 1. The lowest BCUT2D eigenvalue weighted by molar-refractivity contribution is 1.20. The molecule has 0 N–H and O–H groups in total. The van der Waals surface area contributed by atoms with Crippen LogP contribution in [0.1, 0.15) is 0 Å².